The Morgan fingerprint density at radius 1 is 1.27 bits per heavy atom. The summed E-state index contributed by atoms with van der Waals surface area (Å²) in [7, 11) is -3.04. The summed E-state index contributed by atoms with van der Waals surface area (Å²) >= 11 is 0. The van der Waals surface area contributed by atoms with Crippen LogP contribution in [0.2, 0.25) is 0 Å². The Morgan fingerprint density at radius 2 is 1.95 bits per heavy atom. The molecule has 1 aromatic heterocycles. The van der Waals surface area contributed by atoms with Gasteiger partial charge in [0.25, 0.3) is 0 Å². The smallest absolute Gasteiger partial charge is 0.321 e. The van der Waals surface area contributed by atoms with Gasteiger partial charge in [-0.25, -0.2) is 18.2 Å². The molecule has 2 heterocycles. The molecule has 120 valence electrons. The van der Waals surface area contributed by atoms with E-state index in [2.05, 4.69) is 15.6 Å². The minimum atomic E-state index is -3.04. The number of aromatic nitrogens is 1. The fourth-order valence-electron chi connectivity index (χ4n) is 2.05. The summed E-state index contributed by atoms with van der Waals surface area (Å²) in [6.45, 7) is 1.88. The summed E-state index contributed by atoms with van der Waals surface area (Å²) in [6, 6.07) is 3.79. The Balaban J connectivity index is 1.85. The molecule has 0 spiro atoms. The summed E-state index contributed by atoms with van der Waals surface area (Å²) in [6.07, 6.45) is 1.54. The van der Waals surface area contributed by atoms with Gasteiger partial charge in [-0.3, -0.25) is 10.1 Å². The Bertz CT molecular complexity index is 633. The average Bonchev–Trinajstić information content (AvgIpc) is 2.47. The molecule has 1 saturated heterocycles. The zero-order chi connectivity index (χ0) is 16.2. The molecule has 1 atom stereocenters. The lowest BCUT2D eigenvalue weighted by molar-refractivity contribution is -0.132. The van der Waals surface area contributed by atoms with Crippen LogP contribution >= 0.6 is 0 Å². The van der Waals surface area contributed by atoms with Crippen molar-refractivity contribution in [1.29, 1.82) is 0 Å². The van der Waals surface area contributed by atoms with Crippen molar-refractivity contribution in [3.8, 4) is 0 Å². The van der Waals surface area contributed by atoms with E-state index in [9.17, 15) is 18.0 Å². The number of carbonyl (C=O) groups excluding carboxylic acids is 2. The molecule has 0 aliphatic carbocycles. The molecule has 9 heteroatoms. The van der Waals surface area contributed by atoms with Crippen molar-refractivity contribution in [2.24, 2.45) is 0 Å². The van der Waals surface area contributed by atoms with Crippen molar-refractivity contribution in [2.75, 3.05) is 29.9 Å². The van der Waals surface area contributed by atoms with Crippen molar-refractivity contribution < 1.29 is 18.0 Å². The minimum absolute atomic E-state index is 0.0361. The Labute approximate surface area is 128 Å². The fourth-order valence-corrected chi connectivity index (χ4v) is 3.26. The highest BCUT2D eigenvalue weighted by molar-refractivity contribution is 7.91. The first-order chi connectivity index (χ1) is 10.4. The van der Waals surface area contributed by atoms with Crippen LogP contribution in [0.4, 0.5) is 10.6 Å². The Kier molecular flexibility index (Phi) is 4.96. The van der Waals surface area contributed by atoms with Crippen molar-refractivity contribution in [3.63, 3.8) is 0 Å². The second kappa shape index (κ2) is 6.73. The summed E-state index contributed by atoms with van der Waals surface area (Å²) < 4.78 is 22.7. The van der Waals surface area contributed by atoms with Gasteiger partial charge in [0.15, 0.2) is 9.84 Å². The highest BCUT2D eigenvalue weighted by Crippen LogP contribution is 2.06. The minimum Gasteiger partial charge on any atom is -0.339 e. The molecule has 2 N–H and O–H groups in total. The van der Waals surface area contributed by atoms with Crippen LogP contribution in [0.3, 0.4) is 0 Å². The second-order valence-electron chi connectivity index (χ2n) is 5.01. The van der Waals surface area contributed by atoms with Crippen LogP contribution in [-0.2, 0) is 14.6 Å². The van der Waals surface area contributed by atoms with E-state index in [0.717, 1.165) is 0 Å². The van der Waals surface area contributed by atoms with E-state index in [1.54, 1.807) is 31.3 Å². The number of hydrogen-bond acceptors (Lipinski definition) is 5. The lowest BCUT2D eigenvalue weighted by Gasteiger charge is -2.29. The van der Waals surface area contributed by atoms with Crippen molar-refractivity contribution in [2.45, 2.75) is 13.0 Å². The predicted octanol–water partition coefficient (Wildman–Crippen LogP) is -0.151. The first-order valence-corrected chi connectivity index (χ1v) is 8.67. The molecule has 1 fully saturated rings. The standard InChI is InChI=1S/C13H18N4O4S/c1-10(12(18)17-6-8-22(20,21)9-7-17)15-13(19)16-11-4-2-3-5-14-11/h2-5,10H,6-9H2,1H3,(H2,14,15,16,19). The maximum atomic E-state index is 12.2. The number of sulfone groups is 1. The molecule has 0 radical (unpaired) electrons. The zero-order valence-electron chi connectivity index (χ0n) is 12.2. The van der Waals surface area contributed by atoms with Gasteiger partial charge in [0, 0.05) is 19.3 Å². The summed E-state index contributed by atoms with van der Waals surface area (Å²) in [5.74, 6) is 0.00627. The lowest BCUT2D eigenvalue weighted by atomic mass is 10.3. The third-order valence-corrected chi connectivity index (χ3v) is 4.89. The number of pyridine rings is 1. The number of nitrogens with zero attached hydrogens (tertiary/aromatic N) is 2. The number of urea groups is 1. The van der Waals surface area contributed by atoms with E-state index in [-0.39, 0.29) is 30.5 Å². The van der Waals surface area contributed by atoms with Crippen LogP contribution < -0.4 is 10.6 Å². The lowest BCUT2D eigenvalue weighted by Crippen LogP contribution is -2.52. The van der Waals surface area contributed by atoms with Crippen LogP contribution in [0.1, 0.15) is 6.92 Å². The third kappa shape index (κ3) is 4.42. The molecular weight excluding hydrogens is 308 g/mol. The molecular formula is C13H18N4O4S. The van der Waals surface area contributed by atoms with E-state index in [0.29, 0.717) is 5.82 Å². The van der Waals surface area contributed by atoms with Gasteiger partial charge in [-0.15, -0.1) is 0 Å². The quantitative estimate of drug-likeness (QED) is 0.803. The van der Waals surface area contributed by atoms with E-state index in [1.807, 2.05) is 0 Å². The molecule has 2 rings (SSSR count). The number of amides is 3. The number of rotatable bonds is 3. The van der Waals surface area contributed by atoms with Crippen LogP contribution in [0.25, 0.3) is 0 Å². The van der Waals surface area contributed by atoms with Crippen LogP contribution in [0.15, 0.2) is 24.4 Å². The normalized spacial score (nSPS) is 18.3. The fraction of sp³-hybridized carbons (Fsp3) is 0.462. The number of anilines is 1. The molecule has 0 saturated carbocycles. The van der Waals surface area contributed by atoms with Gasteiger partial charge in [-0.05, 0) is 19.1 Å². The number of carbonyl (C=O) groups is 2. The van der Waals surface area contributed by atoms with Gasteiger partial charge in [-0.1, -0.05) is 6.07 Å². The number of nitrogens with one attached hydrogen (secondary N) is 2. The maximum Gasteiger partial charge on any atom is 0.321 e. The molecule has 3 amide bonds. The van der Waals surface area contributed by atoms with Crippen molar-refractivity contribution in [3.05, 3.63) is 24.4 Å². The molecule has 1 aliphatic rings. The highest BCUT2D eigenvalue weighted by Gasteiger charge is 2.28. The number of hydrogen-bond donors (Lipinski definition) is 2. The van der Waals surface area contributed by atoms with Crippen molar-refractivity contribution in [1.82, 2.24) is 15.2 Å². The van der Waals surface area contributed by atoms with Gasteiger partial charge in [-0.2, -0.15) is 0 Å². The van der Waals surface area contributed by atoms with Gasteiger partial charge in [0.1, 0.15) is 11.9 Å². The first-order valence-electron chi connectivity index (χ1n) is 6.85. The Hall–Kier alpha value is -2.16. The van der Waals surface area contributed by atoms with Gasteiger partial charge >= 0.3 is 6.03 Å². The summed E-state index contributed by atoms with van der Waals surface area (Å²) in [5, 5.41) is 5.03. The van der Waals surface area contributed by atoms with E-state index in [4.69, 9.17) is 0 Å². The van der Waals surface area contributed by atoms with E-state index in [1.165, 1.54) is 4.90 Å². The maximum absolute atomic E-state index is 12.2. The molecule has 0 aromatic carbocycles. The van der Waals surface area contributed by atoms with Crippen LogP contribution in [-0.4, -0.2) is 60.9 Å². The first kappa shape index (κ1) is 16.2. The second-order valence-corrected chi connectivity index (χ2v) is 7.32. The zero-order valence-corrected chi connectivity index (χ0v) is 13.0. The van der Waals surface area contributed by atoms with Gasteiger partial charge < -0.3 is 10.2 Å². The molecule has 1 unspecified atom stereocenters. The molecule has 22 heavy (non-hydrogen) atoms. The topological polar surface area (TPSA) is 108 Å². The van der Waals surface area contributed by atoms with Gasteiger partial charge in [0.2, 0.25) is 5.91 Å². The van der Waals surface area contributed by atoms with Crippen LogP contribution in [0, 0.1) is 0 Å². The Morgan fingerprint density at radius 3 is 2.55 bits per heavy atom. The summed E-state index contributed by atoms with van der Waals surface area (Å²) in [5.41, 5.74) is 0. The third-order valence-electron chi connectivity index (χ3n) is 3.28. The van der Waals surface area contributed by atoms with E-state index < -0.39 is 21.9 Å². The van der Waals surface area contributed by atoms with Crippen molar-refractivity contribution >= 4 is 27.6 Å². The average molecular weight is 326 g/mol. The monoisotopic (exact) mass is 326 g/mol. The molecule has 8 nitrogen and oxygen atoms in total. The van der Waals surface area contributed by atoms with E-state index >= 15 is 0 Å². The highest BCUT2D eigenvalue weighted by atomic mass is 32.2. The molecule has 0 bridgehead atoms. The van der Waals surface area contributed by atoms with Gasteiger partial charge in [0.05, 0.1) is 11.5 Å². The molecule has 1 aromatic rings. The SMILES string of the molecule is CC(NC(=O)Nc1ccccn1)C(=O)N1CCS(=O)(=O)CC1. The van der Waals surface area contributed by atoms with Crippen LogP contribution in [0.5, 0.6) is 0 Å². The largest absolute Gasteiger partial charge is 0.339 e. The molecule has 1 aliphatic heterocycles. The predicted molar refractivity (Wildman–Crippen MR) is 81.1 cm³/mol. The summed E-state index contributed by atoms with van der Waals surface area (Å²) in [4.78, 5) is 29.3.